The minimum Gasteiger partial charge on any atom is -0.486 e. The first-order chi connectivity index (χ1) is 14.7. The number of benzene rings is 2. The summed E-state index contributed by atoms with van der Waals surface area (Å²) in [5.74, 6) is -0.420. The van der Waals surface area contributed by atoms with Crippen LogP contribution in [-0.4, -0.2) is 29.9 Å². The number of carbonyl (C=O) groups is 1. The summed E-state index contributed by atoms with van der Waals surface area (Å²) < 4.78 is 19.1. The molecule has 2 aromatic rings. The Kier molecular flexibility index (Phi) is 3.68. The number of carboxylic acids is 1. The number of hydrogen-bond acceptors (Lipinski definition) is 4. The van der Waals surface area contributed by atoms with Gasteiger partial charge in [0.15, 0.2) is 0 Å². The summed E-state index contributed by atoms with van der Waals surface area (Å²) in [5.41, 5.74) is 3.20. The second-order valence-electron chi connectivity index (χ2n) is 10.2. The zero-order chi connectivity index (χ0) is 21.6. The van der Waals surface area contributed by atoms with Crippen molar-refractivity contribution in [3.8, 4) is 5.75 Å². The van der Waals surface area contributed by atoms with E-state index in [1.54, 1.807) is 24.3 Å². The SMILES string of the molecule is CC12CCC(C1)C1(C)Oc3ccc(C4(c5ccc(C(=O)O)cc5)OCCO4)cc3C21C. The van der Waals surface area contributed by atoms with Crippen LogP contribution in [0.4, 0.5) is 0 Å². The van der Waals surface area contributed by atoms with Gasteiger partial charge in [-0.25, -0.2) is 4.79 Å². The van der Waals surface area contributed by atoms with Crippen molar-refractivity contribution in [2.24, 2.45) is 11.3 Å². The summed E-state index contributed by atoms with van der Waals surface area (Å²) >= 11 is 0. The van der Waals surface area contributed by atoms with Crippen molar-refractivity contribution >= 4 is 5.97 Å². The summed E-state index contributed by atoms with van der Waals surface area (Å²) in [5, 5.41) is 9.27. The molecule has 0 radical (unpaired) electrons. The fourth-order valence-corrected chi connectivity index (χ4v) is 7.14. The van der Waals surface area contributed by atoms with E-state index in [-0.39, 0.29) is 22.0 Å². The molecule has 4 atom stereocenters. The molecule has 2 saturated carbocycles. The fraction of sp³-hybridized carbons (Fsp3) is 0.500. The van der Waals surface area contributed by atoms with Crippen LogP contribution in [0.25, 0.3) is 0 Å². The van der Waals surface area contributed by atoms with Crippen LogP contribution >= 0.6 is 0 Å². The standard InChI is InChI=1S/C26H28O5/c1-23-11-10-19(15-23)25(3)24(23,2)20-14-18(8-9-21(20)31-25)26(29-12-13-30-26)17-6-4-16(5-7-17)22(27)28/h4-9,14,19H,10-13,15H2,1-3H3,(H,27,28). The topological polar surface area (TPSA) is 65.0 Å². The minimum absolute atomic E-state index is 0.0682. The molecule has 1 saturated heterocycles. The third kappa shape index (κ3) is 2.16. The van der Waals surface area contributed by atoms with Crippen LogP contribution in [0.3, 0.4) is 0 Å². The molecule has 5 heteroatoms. The van der Waals surface area contributed by atoms with Gasteiger partial charge in [0.05, 0.1) is 18.8 Å². The highest BCUT2D eigenvalue weighted by Gasteiger charge is 2.74. The van der Waals surface area contributed by atoms with E-state index in [2.05, 4.69) is 32.9 Å². The molecule has 1 N–H and O–H groups in total. The largest absolute Gasteiger partial charge is 0.486 e. The predicted octanol–water partition coefficient (Wildman–Crippen LogP) is 4.86. The number of carboxylic acid groups (broad SMARTS) is 1. The Balaban J connectivity index is 1.49. The Morgan fingerprint density at radius 3 is 2.35 bits per heavy atom. The van der Waals surface area contributed by atoms with Gasteiger partial charge in [-0.3, -0.25) is 0 Å². The third-order valence-electron chi connectivity index (χ3n) is 9.15. The van der Waals surface area contributed by atoms with Gasteiger partial charge in [-0.15, -0.1) is 0 Å². The Labute approximate surface area is 182 Å². The molecular formula is C26H28O5. The summed E-state index contributed by atoms with van der Waals surface area (Å²) in [4.78, 5) is 11.3. The Hall–Kier alpha value is -2.37. The molecule has 2 aliphatic heterocycles. The normalized spacial score (nSPS) is 36.8. The van der Waals surface area contributed by atoms with Crippen molar-refractivity contribution in [1.29, 1.82) is 0 Å². The average Bonchev–Trinajstić information content (AvgIpc) is 3.49. The molecule has 0 amide bonds. The van der Waals surface area contributed by atoms with Crippen molar-refractivity contribution in [2.45, 2.75) is 56.8 Å². The smallest absolute Gasteiger partial charge is 0.335 e. The molecule has 2 aromatic carbocycles. The number of rotatable bonds is 3. The molecule has 0 aromatic heterocycles. The van der Waals surface area contributed by atoms with Crippen molar-refractivity contribution in [3.63, 3.8) is 0 Å². The summed E-state index contributed by atoms with van der Waals surface area (Å²) in [7, 11) is 0. The van der Waals surface area contributed by atoms with Crippen LogP contribution in [0.2, 0.25) is 0 Å². The highest BCUT2D eigenvalue weighted by atomic mass is 16.7. The maximum absolute atomic E-state index is 11.3. The lowest BCUT2D eigenvalue weighted by atomic mass is 9.56. The summed E-state index contributed by atoms with van der Waals surface area (Å²) in [6.45, 7) is 8.08. The lowest BCUT2D eigenvalue weighted by molar-refractivity contribution is -0.130. The zero-order valence-electron chi connectivity index (χ0n) is 18.2. The number of aromatic carboxylic acids is 1. The second-order valence-corrected chi connectivity index (χ2v) is 10.2. The number of fused-ring (bicyclic) bond motifs is 7. The van der Waals surface area contributed by atoms with Gasteiger partial charge in [0.2, 0.25) is 5.79 Å². The predicted molar refractivity (Wildman–Crippen MR) is 114 cm³/mol. The maximum atomic E-state index is 11.3. The van der Waals surface area contributed by atoms with Crippen LogP contribution in [0, 0.1) is 11.3 Å². The van der Waals surface area contributed by atoms with E-state index in [9.17, 15) is 9.90 Å². The van der Waals surface area contributed by atoms with E-state index in [0.29, 0.717) is 19.1 Å². The number of ether oxygens (including phenoxy) is 3. The van der Waals surface area contributed by atoms with Crippen LogP contribution in [-0.2, 0) is 20.7 Å². The number of hydrogen-bond donors (Lipinski definition) is 1. The van der Waals surface area contributed by atoms with Crippen molar-refractivity contribution in [1.82, 2.24) is 0 Å². The van der Waals surface area contributed by atoms with Gasteiger partial charge in [0.1, 0.15) is 11.4 Å². The molecule has 4 unspecified atom stereocenters. The summed E-state index contributed by atoms with van der Waals surface area (Å²) in [6.07, 6.45) is 3.67. The lowest BCUT2D eigenvalue weighted by Gasteiger charge is -2.48. The first-order valence-corrected chi connectivity index (χ1v) is 11.2. The van der Waals surface area contributed by atoms with Gasteiger partial charge in [-0.2, -0.15) is 0 Å². The highest BCUT2D eigenvalue weighted by Crippen LogP contribution is 2.73. The molecule has 2 heterocycles. The van der Waals surface area contributed by atoms with E-state index in [1.807, 2.05) is 6.07 Å². The minimum atomic E-state index is -1.03. The van der Waals surface area contributed by atoms with Crippen LogP contribution in [0.5, 0.6) is 5.75 Å². The van der Waals surface area contributed by atoms with E-state index < -0.39 is 11.8 Å². The maximum Gasteiger partial charge on any atom is 0.335 e. The van der Waals surface area contributed by atoms with Gasteiger partial charge < -0.3 is 19.3 Å². The Morgan fingerprint density at radius 1 is 1.00 bits per heavy atom. The molecule has 5 nitrogen and oxygen atoms in total. The molecule has 2 aliphatic carbocycles. The molecule has 31 heavy (non-hydrogen) atoms. The molecule has 2 bridgehead atoms. The van der Waals surface area contributed by atoms with E-state index in [1.165, 1.54) is 24.8 Å². The second kappa shape index (κ2) is 5.90. The van der Waals surface area contributed by atoms with Crippen LogP contribution < -0.4 is 4.74 Å². The van der Waals surface area contributed by atoms with Gasteiger partial charge in [-0.05, 0) is 67.9 Å². The van der Waals surface area contributed by atoms with Gasteiger partial charge in [0.25, 0.3) is 0 Å². The molecule has 4 aliphatic rings. The highest BCUT2D eigenvalue weighted by molar-refractivity contribution is 5.87. The fourth-order valence-electron chi connectivity index (χ4n) is 7.14. The zero-order valence-corrected chi connectivity index (χ0v) is 18.2. The molecule has 162 valence electrons. The quantitative estimate of drug-likeness (QED) is 0.768. The Bertz CT molecular complexity index is 1090. The monoisotopic (exact) mass is 420 g/mol. The van der Waals surface area contributed by atoms with E-state index >= 15 is 0 Å². The van der Waals surface area contributed by atoms with Crippen LogP contribution in [0.15, 0.2) is 42.5 Å². The van der Waals surface area contributed by atoms with Crippen molar-refractivity contribution in [2.75, 3.05) is 13.2 Å². The van der Waals surface area contributed by atoms with Crippen LogP contribution in [0.1, 0.15) is 67.1 Å². The van der Waals surface area contributed by atoms with Gasteiger partial charge in [-0.1, -0.05) is 26.0 Å². The average molecular weight is 421 g/mol. The van der Waals surface area contributed by atoms with E-state index in [4.69, 9.17) is 14.2 Å². The first kappa shape index (κ1) is 19.3. The molecule has 3 fully saturated rings. The molecule has 0 spiro atoms. The van der Waals surface area contributed by atoms with Crippen molar-refractivity contribution < 1.29 is 24.1 Å². The third-order valence-corrected chi connectivity index (χ3v) is 9.15. The van der Waals surface area contributed by atoms with Gasteiger partial charge >= 0.3 is 5.97 Å². The molecule has 6 rings (SSSR count). The lowest BCUT2D eigenvalue weighted by Crippen LogP contribution is -2.54. The summed E-state index contributed by atoms with van der Waals surface area (Å²) in [6, 6.07) is 13.1. The molecular weight excluding hydrogens is 392 g/mol. The van der Waals surface area contributed by atoms with Crippen molar-refractivity contribution in [3.05, 3.63) is 64.7 Å². The first-order valence-electron chi connectivity index (χ1n) is 11.2. The van der Waals surface area contributed by atoms with Gasteiger partial charge in [0, 0.05) is 22.1 Å². The Morgan fingerprint density at radius 2 is 1.68 bits per heavy atom. The van der Waals surface area contributed by atoms with E-state index in [0.717, 1.165) is 16.9 Å².